The number of carbonyl (C=O) groups excluding carboxylic acids is 2. The van der Waals surface area contributed by atoms with Crippen LogP contribution in [-0.4, -0.2) is 36.0 Å². The molecule has 0 fully saturated rings. The summed E-state index contributed by atoms with van der Waals surface area (Å²) in [5.74, 6) is -0.455. The first kappa shape index (κ1) is 12.1. The van der Waals surface area contributed by atoms with Gasteiger partial charge in [0.2, 0.25) is 12.2 Å². The van der Waals surface area contributed by atoms with Crippen molar-refractivity contribution in [3.63, 3.8) is 0 Å². The maximum Gasteiger partial charge on any atom is 0.237 e. The highest BCUT2D eigenvalue weighted by atomic mass is 16.3. The highest BCUT2D eigenvalue weighted by molar-refractivity contribution is 5.84. The number of carbonyl (C=O) groups is 1. The summed E-state index contributed by atoms with van der Waals surface area (Å²) in [7, 11) is 0. The number of rotatable bonds is 5. The molecule has 0 spiro atoms. The molecule has 0 saturated heterocycles. The van der Waals surface area contributed by atoms with Gasteiger partial charge in [-0.1, -0.05) is 13.8 Å². The molecule has 5 heteroatoms. The molecule has 0 saturated carbocycles. The molecular formula is C8H15N2O3. The Morgan fingerprint density at radius 3 is 2.46 bits per heavy atom. The lowest BCUT2D eigenvalue weighted by Crippen LogP contribution is -2.49. The molecule has 2 unspecified atom stereocenters. The monoisotopic (exact) mass is 187 g/mol. The van der Waals surface area contributed by atoms with Crippen LogP contribution in [0.4, 0.5) is 0 Å². The number of amides is 1. The first-order valence-electron chi connectivity index (χ1n) is 4.07. The Kier molecular flexibility index (Phi) is 5.25. The molecular weight excluding hydrogens is 172 g/mol. The van der Waals surface area contributed by atoms with Crippen LogP contribution in [0.2, 0.25) is 0 Å². The SMILES string of the molecule is CC(C)C(N)C(=O)NC([C]=O)CO. The second kappa shape index (κ2) is 5.66. The molecule has 75 valence electrons. The Labute approximate surface area is 77.3 Å². The maximum absolute atomic E-state index is 11.2. The molecule has 0 rings (SSSR count). The summed E-state index contributed by atoms with van der Waals surface area (Å²) in [5.41, 5.74) is 5.49. The van der Waals surface area contributed by atoms with E-state index in [1.807, 2.05) is 0 Å². The van der Waals surface area contributed by atoms with E-state index in [1.54, 1.807) is 13.8 Å². The van der Waals surface area contributed by atoms with Gasteiger partial charge in [-0.2, -0.15) is 0 Å². The maximum atomic E-state index is 11.2. The van der Waals surface area contributed by atoms with Gasteiger partial charge in [0.25, 0.3) is 0 Å². The Morgan fingerprint density at radius 2 is 2.15 bits per heavy atom. The minimum Gasteiger partial charge on any atom is -0.394 e. The molecule has 0 aromatic carbocycles. The molecule has 1 radical (unpaired) electrons. The fourth-order valence-corrected chi connectivity index (χ4v) is 0.683. The Balaban J connectivity index is 4.05. The third-order valence-corrected chi connectivity index (χ3v) is 1.66. The Hall–Kier alpha value is -0.940. The second-order valence-electron chi connectivity index (χ2n) is 3.13. The summed E-state index contributed by atoms with van der Waals surface area (Å²) in [6.45, 7) is 3.13. The summed E-state index contributed by atoms with van der Waals surface area (Å²) < 4.78 is 0. The molecule has 0 aromatic heterocycles. The van der Waals surface area contributed by atoms with Crippen molar-refractivity contribution in [1.82, 2.24) is 5.32 Å². The van der Waals surface area contributed by atoms with Crippen LogP contribution in [-0.2, 0) is 9.59 Å². The molecule has 13 heavy (non-hydrogen) atoms. The van der Waals surface area contributed by atoms with Crippen LogP contribution in [0.3, 0.4) is 0 Å². The van der Waals surface area contributed by atoms with Crippen LogP contribution in [0.15, 0.2) is 0 Å². The fraction of sp³-hybridized carbons (Fsp3) is 0.750. The van der Waals surface area contributed by atoms with Gasteiger partial charge < -0.3 is 16.2 Å². The van der Waals surface area contributed by atoms with Gasteiger partial charge in [0.15, 0.2) is 0 Å². The van der Waals surface area contributed by atoms with E-state index in [0.29, 0.717) is 0 Å². The number of hydrogen-bond acceptors (Lipinski definition) is 4. The lowest BCUT2D eigenvalue weighted by Gasteiger charge is -2.17. The molecule has 0 bridgehead atoms. The summed E-state index contributed by atoms with van der Waals surface area (Å²) in [5, 5.41) is 10.8. The molecule has 5 nitrogen and oxygen atoms in total. The van der Waals surface area contributed by atoms with Crippen LogP contribution in [0.5, 0.6) is 0 Å². The van der Waals surface area contributed by atoms with Crippen molar-refractivity contribution >= 4 is 12.2 Å². The largest absolute Gasteiger partial charge is 0.394 e. The lowest BCUT2D eigenvalue weighted by atomic mass is 10.0. The van der Waals surface area contributed by atoms with Gasteiger partial charge in [0.05, 0.1) is 12.6 Å². The van der Waals surface area contributed by atoms with Crippen LogP contribution in [0.1, 0.15) is 13.8 Å². The van der Waals surface area contributed by atoms with Crippen LogP contribution in [0.25, 0.3) is 0 Å². The van der Waals surface area contributed by atoms with Gasteiger partial charge in [0.1, 0.15) is 6.04 Å². The van der Waals surface area contributed by atoms with Crippen LogP contribution >= 0.6 is 0 Å². The number of hydrogen-bond donors (Lipinski definition) is 3. The minimum absolute atomic E-state index is 0.00834. The zero-order chi connectivity index (χ0) is 10.4. The van der Waals surface area contributed by atoms with E-state index in [0.717, 1.165) is 0 Å². The zero-order valence-electron chi connectivity index (χ0n) is 7.78. The van der Waals surface area contributed by atoms with Gasteiger partial charge in [-0.05, 0) is 5.92 Å². The first-order chi connectivity index (χ1) is 6.02. The Morgan fingerprint density at radius 1 is 1.62 bits per heavy atom. The van der Waals surface area contributed by atoms with Crippen molar-refractivity contribution < 1.29 is 14.7 Å². The van der Waals surface area contributed by atoms with Crippen LogP contribution in [0, 0.1) is 5.92 Å². The fourth-order valence-electron chi connectivity index (χ4n) is 0.683. The van der Waals surface area contributed by atoms with Crippen molar-refractivity contribution in [2.45, 2.75) is 25.9 Å². The molecule has 0 aromatic rings. The number of aliphatic hydroxyl groups is 1. The van der Waals surface area contributed by atoms with E-state index >= 15 is 0 Å². The molecule has 1 amide bonds. The molecule has 0 heterocycles. The lowest BCUT2D eigenvalue weighted by molar-refractivity contribution is -0.123. The van der Waals surface area contributed by atoms with Crippen molar-refractivity contribution in [3.05, 3.63) is 0 Å². The molecule has 4 N–H and O–H groups in total. The van der Waals surface area contributed by atoms with Gasteiger partial charge >= 0.3 is 0 Å². The van der Waals surface area contributed by atoms with Crippen molar-refractivity contribution in [2.24, 2.45) is 11.7 Å². The second-order valence-corrected chi connectivity index (χ2v) is 3.13. The quantitative estimate of drug-likeness (QED) is 0.491. The van der Waals surface area contributed by atoms with Gasteiger partial charge in [-0.25, -0.2) is 0 Å². The highest BCUT2D eigenvalue weighted by Crippen LogP contribution is 1.97. The van der Waals surface area contributed by atoms with Crippen molar-refractivity contribution in [2.75, 3.05) is 6.61 Å². The summed E-state index contributed by atoms with van der Waals surface area (Å²) in [6.07, 6.45) is 1.49. The number of nitrogens with two attached hydrogens (primary N) is 1. The van der Waals surface area contributed by atoms with Crippen molar-refractivity contribution in [3.8, 4) is 0 Å². The first-order valence-corrected chi connectivity index (χ1v) is 4.07. The predicted octanol–water partition coefficient (Wildman–Crippen LogP) is -1.44. The molecule has 0 aliphatic heterocycles. The third-order valence-electron chi connectivity index (χ3n) is 1.66. The number of nitrogens with one attached hydrogen (secondary N) is 1. The van der Waals surface area contributed by atoms with Gasteiger partial charge in [-0.15, -0.1) is 0 Å². The average Bonchev–Trinajstić information content (AvgIpc) is 2.12. The summed E-state index contributed by atoms with van der Waals surface area (Å²) in [4.78, 5) is 21.3. The highest BCUT2D eigenvalue weighted by Gasteiger charge is 2.19. The average molecular weight is 187 g/mol. The van der Waals surface area contributed by atoms with Gasteiger partial charge in [-0.3, -0.25) is 9.59 Å². The minimum atomic E-state index is -0.975. The Bertz CT molecular complexity index is 182. The normalized spacial score (nSPS) is 15.2. The third kappa shape index (κ3) is 4.00. The van der Waals surface area contributed by atoms with Crippen molar-refractivity contribution in [1.29, 1.82) is 0 Å². The zero-order valence-corrected chi connectivity index (χ0v) is 7.78. The smallest absolute Gasteiger partial charge is 0.237 e. The van der Waals surface area contributed by atoms with E-state index in [4.69, 9.17) is 10.8 Å². The van der Waals surface area contributed by atoms with Gasteiger partial charge in [0, 0.05) is 0 Å². The van der Waals surface area contributed by atoms with E-state index in [2.05, 4.69) is 5.32 Å². The predicted molar refractivity (Wildman–Crippen MR) is 47.5 cm³/mol. The van der Waals surface area contributed by atoms with E-state index in [1.165, 1.54) is 6.29 Å². The summed E-state index contributed by atoms with van der Waals surface area (Å²) >= 11 is 0. The molecule has 0 aliphatic carbocycles. The van der Waals surface area contributed by atoms with E-state index in [-0.39, 0.29) is 5.92 Å². The van der Waals surface area contributed by atoms with Crippen LogP contribution < -0.4 is 11.1 Å². The van der Waals surface area contributed by atoms with E-state index < -0.39 is 24.6 Å². The van der Waals surface area contributed by atoms with E-state index in [9.17, 15) is 9.59 Å². The number of aliphatic hydroxyl groups excluding tert-OH is 1. The molecule has 0 aliphatic rings. The molecule has 2 atom stereocenters. The standard InChI is InChI=1S/C8H15N2O3/c1-5(2)7(9)8(13)10-6(3-11)4-12/h5-7,11H,3,9H2,1-2H3,(H,10,13). The topological polar surface area (TPSA) is 92.4 Å². The summed E-state index contributed by atoms with van der Waals surface area (Å²) in [6, 6.07) is -1.64.